The van der Waals surface area contributed by atoms with Gasteiger partial charge in [0.2, 0.25) is 0 Å². The fraction of sp³-hybridized carbons (Fsp3) is 0.417. The van der Waals surface area contributed by atoms with Crippen LogP contribution >= 0.6 is 0 Å². The predicted octanol–water partition coefficient (Wildman–Crippen LogP) is 2.99. The number of carbonyl (C=O) groups is 1. The van der Waals surface area contributed by atoms with E-state index in [0.29, 0.717) is 5.56 Å². The summed E-state index contributed by atoms with van der Waals surface area (Å²) in [5.74, 6) is 0. The minimum atomic E-state index is -2.37. The zero-order valence-corrected chi connectivity index (χ0v) is 9.54. The van der Waals surface area contributed by atoms with Crippen molar-refractivity contribution in [2.75, 3.05) is 11.9 Å². The Hall–Kier alpha value is -1.65. The molecule has 0 unspecified atom stereocenters. The molecule has 0 aliphatic carbocycles. The highest BCUT2D eigenvalue weighted by Gasteiger charge is 2.15. The summed E-state index contributed by atoms with van der Waals surface area (Å²) in [6.45, 7) is 2.38. The van der Waals surface area contributed by atoms with E-state index in [4.69, 9.17) is 9.90 Å². The monoisotopic (exact) mass is 243 g/mol. The highest BCUT2D eigenvalue weighted by molar-refractivity contribution is 5.57. The van der Waals surface area contributed by atoms with Gasteiger partial charge in [0, 0.05) is 17.8 Å². The number of nitrogens with one attached hydrogen (secondary N) is 1. The molecule has 3 nitrogen and oxygen atoms in total. The van der Waals surface area contributed by atoms with Crippen LogP contribution in [0.25, 0.3) is 0 Å². The summed E-state index contributed by atoms with van der Waals surface area (Å²) < 4.78 is 25.1. The van der Waals surface area contributed by atoms with E-state index in [-0.39, 0.29) is 12.0 Å². The third-order valence-electron chi connectivity index (χ3n) is 2.67. The SMILES string of the molecule is Cc1cc2c(cc1C(F)F)NCCC2.O=CO. The van der Waals surface area contributed by atoms with Crippen LogP contribution in [0.4, 0.5) is 14.5 Å². The maximum atomic E-state index is 12.6. The minimum absolute atomic E-state index is 0.151. The standard InChI is InChI=1S/C11H13F2N.CH2O2/c1-7-5-8-3-2-4-14-10(8)6-9(7)11(12)13;2-1-3/h5-6,11,14H,2-4H2,1H3;1H,(H,2,3). The number of carboxylic acid groups (broad SMARTS) is 1. The lowest BCUT2D eigenvalue weighted by Gasteiger charge is -2.20. The first-order valence-electron chi connectivity index (χ1n) is 5.33. The summed E-state index contributed by atoms with van der Waals surface area (Å²) in [7, 11) is 0. The van der Waals surface area contributed by atoms with E-state index in [2.05, 4.69) is 5.32 Å². The summed E-state index contributed by atoms with van der Waals surface area (Å²) >= 11 is 0. The fourth-order valence-corrected chi connectivity index (χ4v) is 1.89. The van der Waals surface area contributed by atoms with Gasteiger partial charge in [-0.15, -0.1) is 0 Å². The maximum Gasteiger partial charge on any atom is 0.290 e. The molecule has 0 spiro atoms. The summed E-state index contributed by atoms with van der Waals surface area (Å²) in [5.41, 5.74) is 2.90. The van der Waals surface area contributed by atoms with Gasteiger partial charge in [-0.25, -0.2) is 8.78 Å². The van der Waals surface area contributed by atoms with Crippen molar-refractivity contribution >= 4 is 12.2 Å². The summed E-state index contributed by atoms with van der Waals surface area (Å²) in [5, 5.41) is 10.0. The number of halogens is 2. The van der Waals surface area contributed by atoms with Crippen molar-refractivity contribution in [2.45, 2.75) is 26.2 Å². The topological polar surface area (TPSA) is 49.3 Å². The molecular weight excluding hydrogens is 228 g/mol. The molecule has 0 fully saturated rings. The van der Waals surface area contributed by atoms with E-state index in [1.54, 1.807) is 13.0 Å². The molecule has 17 heavy (non-hydrogen) atoms. The van der Waals surface area contributed by atoms with Gasteiger partial charge < -0.3 is 10.4 Å². The lowest BCUT2D eigenvalue weighted by Crippen LogP contribution is -2.12. The highest BCUT2D eigenvalue weighted by Crippen LogP contribution is 2.30. The van der Waals surface area contributed by atoms with Crippen molar-refractivity contribution in [1.29, 1.82) is 0 Å². The molecular formula is C12H15F2NO2. The van der Waals surface area contributed by atoms with Gasteiger partial charge in [0.15, 0.2) is 0 Å². The number of anilines is 1. The van der Waals surface area contributed by atoms with E-state index in [9.17, 15) is 8.78 Å². The molecule has 2 N–H and O–H groups in total. The van der Waals surface area contributed by atoms with Crippen LogP contribution in [-0.4, -0.2) is 18.1 Å². The largest absolute Gasteiger partial charge is 0.483 e. The van der Waals surface area contributed by atoms with Gasteiger partial charge in [-0.2, -0.15) is 0 Å². The highest BCUT2D eigenvalue weighted by atomic mass is 19.3. The number of fused-ring (bicyclic) bond motifs is 1. The van der Waals surface area contributed by atoms with Gasteiger partial charge >= 0.3 is 0 Å². The van der Waals surface area contributed by atoms with Crippen molar-refractivity contribution in [3.8, 4) is 0 Å². The fourth-order valence-electron chi connectivity index (χ4n) is 1.89. The van der Waals surface area contributed by atoms with E-state index in [1.165, 1.54) is 0 Å². The predicted molar refractivity (Wildman–Crippen MR) is 61.6 cm³/mol. The van der Waals surface area contributed by atoms with E-state index in [0.717, 1.165) is 30.6 Å². The Morgan fingerprint density at radius 2 is 2.12 bits per heavy atom. The number of aryl methyl sites for hydroxylation is 2. The molecule has 0 saturated heterocycles. The Morgan fingerprint density at radius 3 is 2.71 bits per heavy atom. The Kier molecular flexibility index (Phi) is 4.87. The lowest BCUT2D eigenvalue weighted by molar-refractivity contribution is -0.122. The van der Waals surface area contributed by atoms with Crippen LogP contribution in [0.1, 0.15) is 29.5 Å². The summed E-state index contributed by atoms with van der Waals surface area (Å²) in [4.78, 5) is 8.36. The zero-order valence-electron chi connectivity index (χ0n) is 9.54. The average molecular weight is 243 g/mol. The molecule has 94 valence electrons. The van der Waals surface area contributed by atoms with E-state index >= 15 is 0 Å². The average Bonchev–Trinajstić information content (AvgIpc) is 2.28. The van der Waals surface area contributed by atoms with Gasteiger partial charge in [0.05, 0.1) is 0 Å². The van der Waals surface area contributed by atoms with E-state index < -0.39 is 6.43 Å². The van der Waals surface area contributed by atoms with Crippen LogP contribution < -0.4 is 5.32 Å². The van der Waals surface area contributed by atoms with Crippen molar-refractivity contribution in [2.24, 2.45) is 0 Å². The maximum absolute atomic E-state index is 12.6. The second kappa shape index (κ2) is 6.18. The minimum Gasteiger partial charge on any atom is -0.483 e. The third kappa shape index (κ3) is 3.41. The number of hydrogen-bond acceptors (Lipinski definition) is 2. The first-order chi connectivity index (χ1) is 8.10. The van der Waals surface area contributed by atoms with Crippen LogP contribution in [0.15, 0.2) is 12.1 Å². The number of hydrogen-bond donors (Lipinski definition) is 2. The third-order valence-corrected chi connectivity index (χ3v) is 2.67. The molecule has 1 aromatic rings. The molecule has 5 heteroatoms. The Morgan fingerprint density at radius 1 is 1.47 bits per heavy atom. The van der Waals surface area contributed by atoms with Gasteiger partial charge in [-0.05, 0) is 37.0 Å². The van der Waals surface area contributed by atoms with Gasteiger partial charge in [-0.3, -0.25) is 4.79 Å². The Labute approximate surface area is 98.5 Å². The van der Waals surface area contributed by atoms with Crippen molar-refractivity contribution in [3.63, 3.8) is 0 Å². The summed E-state index contributed by atoms with van der Waals surface area (Å²) in [6, 6.07) is 3.47. The normalized spacial score (nSPS) is 13.2. The van der Waals surface area contributed by atoms with Gasteiger partial charge in [-0.1, -0.05) is 6.07 Å². The van der Waals surface area contributed by atoms with Crippen molar-refractivity contribution < 1.29 is 18.7 Å². The molecule has 0 atom stereocenters. The number of alkyl halides is 2. The second-order valence-electron chi connectivity index (χ2n) is 3.80. The molecule has 0 bridgehead atoms. The quantitative estimate of drug-likeness (QED) is 0.745. The van der Waals surface area contributed by atoms with Crippen LogP contribution in [0.3, 0.4) is 0 Å². The van der Waals surface area contributed by atoms with Crippen LogP contribution in [-0.2, 0) is 11.2 Å². The van der Waals surface area contributed by atoms with Crippen LogP contribution in [0.5, 0.6) is 0 Å². The molecule has 1 aromatic carbocycles. The van der Waals surface area contributed by atoms with Crippen LogP contribution in [0.2, 0.25) is 0 Å². The Balaban J connectivity index is 0.000000437. The second-order valence-corrected chi connectivity index (χ2v) is 3.80. The molecule has 0 amide bonds. The molecule has 0 aromatic heterocycles. The van der Waals surface area contributed by atoms with Crippen molar-refractivity contribution in [3.05, 3.63) is 28.8 Å². The first kappa shape index (κ1) is 13.4. The van der Waals surface area contributed by atoms with E-state index in [1.807, 2.05) is 6.07 Å². The molecule has 1 aliphatic rings. The number of rotatable bonds is 1. The number of benzene rings is 1. The van der Waals surface area contributed by atoms with Gasteiger partial charge in [0.25, 0.3) is 12.9 Å². The Bertz CT molecular complexity index is 394. The molecule has 1 heterocycles. The molecule has 0 radical (unpaired) electrons. The van der Waals surface area contributed by atoms with Gasteiger partial charge in [0.1, 0.15) is 0 Å². The molecule has 1 aliphatic heterocycles. The first-order valence-corrected chi connectivity index (χ1v) is 5.33. The lowest BCUT2D eigenvalue weighted by atomic mass is 9.97. The summed E-state index contributed by atoms with van der Waals surface area (Å²) in [6.07, 6.45) is -0.295. The zero-order chi connectivity index (χ0) is 12.8. The molecule has 2 rings (SSSR count). The smallest absolute Gasteiger partial charge is 0.290 e. The van der Waals surface area contributed by atoms with Crippen molar-refractivity contribution in [1.82, 2.24) is 0 Å². The van der Waals surface area contributed by atoms with Crippen LogP contribution in [0, 0.1) is 6.92 Å². The molecule has 0 saturated carbocycles.